The predicted octanol–water partition coefficient (Wildman–Crippen LogP) is 0.802. The number of hydrogen-bond acceptors (Lipinski definition) is 5. The summed E-state index contributed by atoms with van der Waals surface area (Å²) in [7, 11) is -1.14. The minimum absolute atomic E-state index is 0.0893. The molecule has 1 fully saturated rings. The Hall–Kier alpha value is -1.48. The fraction of sp³-hybridized carbons (Fsp3) is 0.500. The molecule has 1 saturated carbocycles. The van der Waals surface area contributed by atoms with Crippen LogP contribution >= 0.6 is 0 Å². The molecule has 82 valence electrons. The van der Waals surface area contributed by atoms with Gasteiger partial charge in [-0.2, -0.15) is 5.26 Å². The second kappa shape index (κ2) is 3.52. The van der Waals surface area contributed by atoms with Crippen molar-refractivity contribution >= 4 is 16.6 Å². The maximum atomic E-state index is 12.2. The van der Waals surface area contributed by atoms with Crippen LogP contribution in [0, 0.1) is 11.3 Å². The smallest absolute Gasteiger partial charge is 0.220 e. The van der Waals surface area contributed by atoms with Crippen molar-refractivity contribution in [2.75, 3.05) is 5.32 Å². The summed E-state index contributed by atoms with van der Waals surface area (Å²) in [6.45, 7) is 0. The van der Waals surface area contributed by atoms with E-state index < -0.39 is 10.8 Å². The first kappa shape index (κ1) is 9.73. The number of nitrogens with one attached hydrogen (secondary N) is 1. The number of anilines is 1. The maximum Gasteiger partial charge on any atom is 0.220 e. The van der Waals surface area contributed by atoms with Gasteiger partial charge in [0, 0.05) is 6.04 Å². The molecule has 0 amide bonds. The summed E-state index contributed by atoms with van der Waals surface area (Å²) in [5.74, 6) is 0.537. The molecule has 5 nitrogen and oxygen atoms in total. The summed E-state index contributed by atoms with van der Waals surface area (Å²) in [5.41, 5.74) is 0.424. The molecule has 0 spiro atoms. The monoisotopic (exact) mass is 234 g/mol. The van der Waals surface area contributed by atoms with Gasteiger partial charge in [-0.15, -0.1) is 0 Å². The van der Waals surface area contributed by atoms with Crippen molar-refractivity contribution in [3.63, 3.8) is 0 Å². The molecule has 3 atom stereocenters. The zero-order valence-electron chi connectivity index (χ0n) is 8.51. The third-order valence-corrected chi connectivity index (χ3v) is 4.79. The Kier molecular flexibility index (Phi) is 2.14. The minimum Gasteiger partial charge on any atom is -0.365 e. The van der Waals surface area contributed by atoms with Crippen LogP contribution in [-0.4, -0.2) is 25.5 Å². The molecule has 2 bridgehead atoms. The highest BCUT2D eigenvalue weighted by Gasteiger charge is 2.37. The molecule has 0 radical (unpaired) electrons. The van der Waals surface area contributed by atoms with Crippen molar-refractivity contribution < 1.29 is 4.21 Å². The van der Waals surface area contributed by atoms with Crippen molar-refractivity contribution in [2.24, 2.45) is 0 Å². The number of rotatable bonds is 0. The third-order valence-electron chi connectivity index (χ3n) is 3.12. The third kappa shape index (κ3) is 1.32. The number of aromatic nitrogens is 2. The van der Waals surface area contributed by atoms with Crippen molar-refractivity contribution in [2.45, 2.75) is 35.7 Å². The molecule has 1 aromatic rings. The summed E-state index contributed by atoms with van der Waals surface area (Å²) in [6, 6.07) is 2.21. The Morgan fingerprint density at radius 3 is 3.25 bits per heavy atom. The van der Waals surface area contributed by atoms with Gasteiger partial charge in [-0.3, -0.25) is 4.21 Å². The van der Waals surface area contributed by atoms with Crippen LogP contribution in [0.2, 0.25) is 0 Å². The Morgan fingerprint density at radius 2 is 2.44 bits per heavy atom. The highest BCUT2D eigenvalue weighted by atomic mass is 32.2. The first-order chi connectivity index (χ1) is 7.79. The quantitative estimate of drug-likeness (QED) is 0.672. The highest BCUT2D eigenvalue weighted by molar-refractivity contribution is 7.85. The van der Waals surface area contributed by atoms with Crippen LogP contribution in [0.15, 0.2) is 11.4 Å². The molecule has 2 heterocycles. The van der Waals surface area contributed by atoms with E-state index in [4.69, 9.17) is 5.26 Å². The lowest BCUT2D eigenvalue weighted by Crippen LogP contribution is -2.30. The lowest BCUT2D eigenvalue weighted by molar-refractivity contribution is 0.657. The SMILES string of the molecule is N#Cc1cnc2nc1NC1CCCC1S2=O. The van der Waals surface area contributed by atoms with Gasteiger partial charge >= 0.3 is 0 Å². The molecule has 6 heteroatoms. The molecule has 1 aromatic heterocycles. The van der Waals surface area contributed by atoms with E-state index in [1.54, 1.807) is 0 Å². The number of hydrogen-bond donors (Lipinski definition) is 1. The molecular weight excluding hydrogens is 224 g/mol. The van der Waals surface area contributed by atoms with Crippen LogP contribution in [0.1, 0.15) is 24.8 Å². The molecule has 0 aromatic carbocycles. The van der Waals surface area contributed by atoms with Crippen molar-refractivity contribution in [3.05, 3.63) is 11.8 Å². The average Bonchev–Trinajstić information content (AvgIpc) is 2.72. The largest absolute Gasteiger partial charge is 0.365 e. The second-order valence-corrected chi connectivity index (χ2v) is 5.61. The average molecular weight is 234 g/mol. The van der Waals surface area contributed by atoms with Crippen LogP contribution in [0.4, 0.5) is 5.82 Å². The van der Waals surface area contributed by atoms with Crippen molar-refractivity contribution in [1.82, 2.24) is 9.97 Å². The molecule has 1 aliphatic heterocycles. The molecular formula is C10H10N4OS. The lowest BCUT2D eigenvalue weighted by Gasteiger charge is -2.15. The Morgan fingerprint density at radius 1 is 1.56 bits per heavy atom. The number of fused-ring (bicyclic) bond motifs is 3. The fourth-order valence-electron chi connectivity index (χ4n) is 2.31. The highest BCUT2D eigenvalue weighted by Crippen LogP contribution is 2.32. The first-order valence-electron chi connectivity index (χ1n) is 5.24. The van der Waals surface area contributed by atoms with Crippen LogP contribution in [0.5, 0.6) is 0 Å². The van der Waals surface area contributed by atoms with Gasteiger partial charge in [0.25, 0.3) is 0 Å². The van der Waals surface area contributed by atoms with E-state index in [0.717, 1.165) is 19.3 Å². The standard InChI is InChI=1S/C10H10N4OS/c11-4-6-5-12-10-14-9(6)13-7-2-1-3-8(7)16(10)15/h5,7-8H,1-3H2,(H,12,13,14). The fourth-order valence-corrected chi connectivity index (χ4v) is 3.80. The van der Waals surface area contributed by atoms with E-state index in [-0.39, 0.29) is 11.3 Å². The summed E-state index contributed by atoms with van der Waals surface area (Å²) < 4.78 is 12.2. The van der Waals surface area contributed by atoms with E-state index in [1.165, 1.54) is 6.20 Å². The Labute approximate surface area is 95.4 Å². The summed E-state index contributed by atoms with van der Waals surface area (Å²) >= 11 is 0. The van der Waals surface area contributed by atoms with Crippen LogP contribution in [-0.2, 0) is 10.8 Å². The molecule has 3 unspecified atom stereocenters. The van der Waals surface area contributed by atoms with Crippen molar-refractivity contribution in [3.8, 4) is 6.07 Å². The van der Waals surface area contributed by atoms with Crippen molar-refractivity contribution in [1.29, 1.82) is 5.26 Å². The summed E-state index contributed by atoms with van der Waals surface area (Å²) in [6.07, 6.45) is 4.44. The molecule has 2 aliphatic rings. The number of nitriles is 1. The van der Waals surface area contributed by atoms with E-state index in [9.17, 15) is 4.21 Å². The number of nitrogens with zero attached hydrogens (tertiary/aromatic N) is 3. The van der Waals surface area contributed by atoms with Gasteiger partial charge in [-0.25, -0.2) is 9.97 Å². The zero-order chi connectivity index (χ0) is 11.1. The van der Waals surface area contributed by atoms with Gasteiger partial charge in [-0.1, -0.05) is 6.42 Å². The molecule has 1 aliphatic carbocycles. The van der Waals surface area contributed by atoms with Gasteiger partial charge in [0.15, 0.2) is 0 Å². The second-order valence-electron chi connectivity index (χ2n) is 4.04. The van der Waals surface area contributed by atoms with Crippen LogP contribution in [0.25, 0.3) is 0 Å². The summed E-state index contributed by atoms with van der Waals surface area (Å²) in [4.78, 5) is 8.17. The van der Waals surface area contributed by atoms with Gasteiger partial charge < -0.3 is 5.32 Å². The van der Waals surface area contributed by atoms with Gasteiger partial charge in [0.2, 0.25) is 5.16 Å². The molecule has 0 saturated heterocycles. The van der Waals surface area contributed by atoms with Gasteiger partial charge in [-0.05, 0) is 12.8 Å². The van der Waals surface area contributed by atoms with Gasteiger partial charge in [0.05, 0.1) is 22.2 Å². The van der Waals surface area contributed by atoms with Crippen LogP contribution < -0.4 is 5.32 Å². The zero-order valence-corrected chi connectivity index (χ0v) is 9.33. The lowest BCUT2D eigenvalue weighted by atomic mass is 10.2. The normalized spacial score (nSPS) is 31.1. The maximum absolute atomic E-state index is 12.2. The molecule has 1 N–H and O–H groups in total. The summed E-state index contributed by atoms with van der Waals surface area (Å²) in [5, 5.41) is 12.6. The topological polar surface area (TPSA) is 78.7 Å². The minimum atomic E-state index is -1.14. The van der Waals surface area contributed by atoms with Gasteiger partial charge in [0.1, 0.15) is 17.5 Å². The molecule has 16 heavy (non-hydrogen) atoms. The van der Waals surface area contributed by atoms with Crippen LogP contribution in [0.3, 0.4) is 0 Å². The van der Waals surface area contributed by atoms with E-state index in [1.807, 2.05) is 6.07 Å². The first-order valence-corrected chi connectivity index (χ1v) is 6.45. The van der Waals surface area contributed by atoms with E-state index in [0.29, 0.717) is 16.5 Å². The Bertz CT molecular complexity index is 510. The molecule has 3 rings (SSSR count). The Balaban J connectivity index is 2.12. The predicted molar refractivity (Wildman–Crippen MR) is 58.2 cm³/mol. The van der Waals surface area contributed by atoms with E-state index >= 15 is 0 Å². The van der Waals surface area contributed by atoms with E-state index in [2.05, 4.69) is 15.3 Å².